The number of carbonyl (C=O) groups excluding carboxylic acids is 3. The fraction of sp³-hybridized carbons (Fsp3) is 0.696. The Kier molecular flexibility index (Phi) is 4.07. The van der Waals surface area contributed by atoms with Crippen LogP contribution in [0.15, 0.2) is 23.8 Å². The van der Waals surface area contributed by atoms with Crippen molar-refractivity contribution in [3.63, 3.8) is 0 Å². The van der Waals surface area contributed by atoms with E-state index in [-0.39, 0.29) is 23.6 Å². The van der Waals surface area contributed by atoms with Gasteiger partial charge >= 0.3 is 11.9 Å². The highest BCUT2D eigenvalue weighted by Crippen LogP contribution is 2.75. The van der Waals surface area contributed by atoms with E-state index in [0.717, 1.165) is 5.57 Å². The van der Waals surface area contributed by atoms with Gasteiger partial charge in [0.25, 0.3) is 0 Å². The van der Waals surface area contributed by atoms with Crippen molar-refractivity contribution in [1.82, 2.24) is 0 Å². The molecule has 0 radical (unpaired) electrons. The van der Waals surface area contributed by atoms with Crippen LogP contribution in [0.25, 0.3) is 0 Å². The number of hydrogen-bond donors (Lipinski definition) is 1. The van der Waals surface area contributed by atoms with Gasteiger partial charge in [0, 0.05) is 30.6 Å². The zero-order valence-electron chi connectivity index (χ0n) is 17.8. The van der Waals surface area contributed by atoms with Crippen LogP contribution in [0.1, 0.15) is 53.4 Å². The highest BCUT2D eigenvalue weighted by molar-refractivity contribution is 5.95. The molecule has 4 aliphatic rings. The van der Waals surface area contributed by atoms with E-state index in [1.807, 2.05) is 20.8 Å². The summed E-state index contributed by atoms with van der Waals surface area (Å²) in [6.45, 7) is 11.4. The number of aliphatic hydroxyl groups is 1. The maximum absolute atomic E-state index is 13.2. The van der Waals surface area contributed by atoms with Gasteiger partial charge in [-0.05, 0) is 41.9 Å². The lowest BCUT2D eigenvalue weighted by Crippen LogP contribution is -2.54. The molecule has 0 aromatic heterocycles. The van der Waals surface area contributed by atoms with Crippen molar-refractivity contribution in [1.29, 1.82) is 0 Å². The molecule has 0 saturated heterocycles. The third-order valence-electron chi connectivity index (χ3n) is 8.67. The monoisotopic (exact) mass is 402 g/mol. The summed E-state index contributed by atoms with van der Waals surface area (Å²) in [4.78, 5) is 37.8. The summed E-state index contributed by atoms with van der Waals surface area (Å²) in [5, 5.41) is 12.1. The van der Waals surface area contributed by atoms with Crippen molar-refractivity contribution in [3.8, 4) is 0 Å². The molecule has 1 spiro atoms. The molecule has 0 aliphatic heterocycles. The van der Waals surface area contributed by atoms with Gasteiger partial charge in [-0.1, -0.05) is 27.4 Å². The second-order valence-electron chi connectivity index (χ2n) is 10.1. The molecule has 6 nitrogen and oxygen atoms in total. The number of ketones is 1. The molecular weight excluding hydrogens is 372 g/mol. The van der Waals surface area contributed by atoms with Crippen LogP contribution in [-0.2, 0) is 23.9 Å². The fourth-order valence-corrected chi connectivity index (χ4v) is 6.97. The van der Waals surface area contributed by atoms with Gasteiger partial charge in [0.15, 0.2) is 5.78 Å². The molecule has 2 bridgehead atoms. The summed E-state index contributed by atoms with van der Waals surface area (Å²) < 4.78 is 11.0. The third-order valence-corrected chi connectivity index (χ3v) is 8.67. The van der Waals surface area contributed by atoms with Crippen LogP contribution in [0.5, 0.6) is 0 Å². The summed E-state index contributed by atoms with van der Waals surface area (Å²) in [5.41, 5.74) is -2.26. The van der Waals surface area contributed by atoms with Crippen molar-refractivity contribution < 1.29 is 29.0 Å². The predicted molar refractivity (Wildman–Crippen MR) is 105 cm³/mol. The summed E-state index contributed by atoms with van der Waals surface area (Å²) in [7, 11) is 1.36. The largest absolute Gasteiger partial charge is 0.469 e. The average molecular weight is 402 g/mol. The lowest BCUT2D eigenvalue weighted by Gasteiger charge is -2.48. The third kappa shape index (κ3) is 2.24. The minimum absolute atomic E-state index is 0.0241. The second-order valence-corrected chi connectivity index (χ2v) is 10.1. The Hall–Kier alpha value is -1.95. The Bertz CT molecular complexity index is 869. The first-order valence-electron chi connectivity index (χ1n) is 10.3. The summed E-state index contributed by atoms with van der Waals surface area (Å²) in [5.74, 6) is -2.06. The number of esters is 2. The van der Waals surface area contributed by atoms with Gasteiger partial charge in [-0.3, -0.25) is 14.4 Å². The molecule has 0 heterocycles. The zero-order valence-corrected chi connectivity index (χ0v) is 17.8. The molecule has 0 unspecified atom stereocenters. The molecule has 1 N–H and O–H groups in total. The second kappa shape index (κ2) is 5.81. The van der Waals surface area contributed by atoms with Crippen LogP contribution in [-0.4, -0.2) is 41.1 Å². The molecular formula is C23H30O6. The molecule has 4 aliphatic carbocycles. The first kappa shape index (κ1) is 20.3. The quantitative estimate of drug-likeness (QED) is 0.564. The van der Waals surface area contributed by atoms with Crippen LogP contribution in [0.2, 0.25) is 0 Å². The number of carbonyl (C=O) groups is 3. The van der Waals surface area contributed by atoms with Crippen molar-refractivity contribution >= 4 is 17.7 Å². The topological polar surface area (TPSA) is 89.9 Å². The Balaban J connectivity index is 1.96. The Morgan fingerprint density at radius 3 is 2.52 bits per heavy atom. The van der Waals surface area contributed by atoms with Crippen molar-refractivity contribution in [3.05, 3.63) is 23.8 Å². The molecule has 6 atom stereocenters. The van der Waals surface area contributed by atoms with Gasteiger partial charge in [0.05, 0.1) is 18.6 Å². The summed E-state index contributed by atoms with van der Waals surface area (Å²) in [6.07, 6.45) is 2.99. The van der Waals surface area contributed by atoms with Crippen molar-refractivity contribution in [2.75, 3.05) is 7.11 Å². The van der Waals surface area contributed by atoms with E-state index in [4.69, 9.17) is 9.47 Å². The van der Waals surface area contributed by atoms with Crippen LogP contribution in [0.4, 0.5) is 0 Å². The first-order valence-corrected chi connectivity index (χ1v) is 10.3. The van der Waals surface area contributed by atoms with E-state index < -0.39 is 33.9 Å². The smallest absolute Gasteiger partial charge is 0.309 e. The number of fused-ring (bicyclic) bond motifs is 3. The molecule has 4 rings (SSSR count). The number of ether oxygens (including phenoxy) is 2. The normalized spacial score (nSPS) is 44.6. The number of rotatable bonds is 2. The predicted octanol–water partition coefficient (Wildman–Crippen LogP) is 2.74. The van der Waals surface area contributed by atoms with E-state index in [1.54, 1.807) is 6.08 Å². The molecule has 6 heteroatoms. The summed E-state index contributed by atoms with van der Waals surface area (Å²) >= 11 is 0. The van der Waals surface area contributed by atoms with Crippen LogP contribution in [0.3, 0.4) is 0 Å². The van der Waals surface area contributed by atoms with Gasteiger partial charge < -0.3 is 14.6 Å². The summed E-state index contributed by atoms with van der Waals surface area (Å²) in [6, 6.07) is 0. The highest BCUT2D eigenvalue weighted by atomic mass is 16.6. The van der Waals surface area contributed by atoms with E-state index in [2.05, 4.69) is 6.58 Å². The maximum Gasteiger partial charge on any atom is 0.309 e. The SMILES string of the molecule is C=C1C[C@]23C[C@@]1(OC(C)=O)CC[C@]2(O)C1=CC(=O)[C@H](C)C(C)(C)[C@H]1[C@@H]3C(=O)OC. The average Bonchev–Trinajstić information content (AvgIpc) is 3.00. The first-order chi connectivity index (χ1) is 13.4. The molecule has 29 heavy (non-hydrogen) atoms. The number of hydrogen-bond acceptors (Lipinski definition) is 6. The van der Waals surface area contributed by atoms with E-state index in [0.29, 0.717) is 31.3 Å². The number of methoxy groups -OCH3 is 1. The van der Waals surface area contributed by atoms with E-state index >= 15 is 0 Å². The molecule has 0 aromatic carbocycles. The molecule has 3 fully saturated rings. The van der Waals surface area contributed by atoms with Crippen LogP contribution in [0, 0.1) is 28.6 Å². The minimum Gasteiger partial charge on any atom is -0.469 e. The lowest BCUT2D eigenvalue weighted by molar-refractivity contribution is -0.175. The van der Waals surface area contributed by atoms with Gasteiger partial charge in [-0.15, -0.1) is 0 Å². The lowest BCUT2D eigenvalue weighted by atomic mass is 9.58. The van der Waals surface area contributed by atoms with Gasteiger partial charge in [0.2, 0.25) is 0 Å². The standard InChI is InChI=1S/C23H30O6/c1-12-10-21-11-22(12,29-14(3)24)7-8-23(21,27)15-9-16(25)13(2)20(4,5)17(15)18(21)19(26)28-6/h9,13,17-18,27H,1,7-8,10-11H2,2-6H3/t13-,17+,18+,21+,22-,23-/m0/s1. The van der Waals surface area contributed by atoms with E-state index in [1.165, 1.54) is 14.0 Å². The fourth-order valence-electron chi connectivity index (χ4n) is 6.97. The maximum atomic E-state index is 13.2. The Labute approximate surface area is 171 Å². The number of allylic oxidation sites excluding steroid dienone is 1. The van der Waals surface area contributed by atoms with Crippen molar-refractivity contribution in [2.24, 2.45) is 28.6 Å². The molecule has 3 saturated carbocycles. The molecule has 0 amide bonds. The Morgan fingerprint density at radius 2 is 1.93 bits per heavy atom. The Morgan fingerprint density at radius 1 is 1.28 bits per heavy atom. The van der Waals surface area contributed by atoms with Gasteiger partial charge in [-0.25, -0.2) is 0 Å². The van der Waals surface area contributed by atoms with Gasteiger partial charge in [-0.2, -0.15) is 0 Å². The van der Waals surface area contributed by atoms with Crippen LogP contribution >= 0.6 is 0 Å². The van der Waals surface area contributed by atoms with Crippen molar-refractivity contribution in [2.45, 2.75) is 64.6 Å². The van der Waals surface area contributed by atoms with Crippen LogP contribution < -0.4 is 0 Å². The van der Waals surface area contributed by atoms with Gasteiger partial charge in [0.1, 0.15) is 5.60 Å². The molecule has 158 valence electrons. The zero-order chi connectivity index (χ0) is 21.6. The highest BCUT2D eigenvalue weighted by Gasteiger charge is 2.78. The molecule has 0 aromatic rings. The van der Waals surface area contributed by atoms with E-state index in [9.17, 15) is 19.5 Å². The minimum atomic E-state index is -1.33.